The molecule has 24 heavy (non-hydrogen) atoms. The van der Waals surface area contributed by atoms with Crippen molar-refractivity contribution < 1.29 is 5.11 Å². The van der Waals surface area contributed by atoms with Crippen molar-refractivity contribution in [2.24, 2.45) is 0 Å². The van der Waals surface area contributed by atoms with Crippen molar-refractivity contribution >= 4 is 0 Å². The molecule has 130 valence electrons. The predicted octanol–water partition coefficient (Wildman–Crippen LogP) is 2.15. The van der Waals surface area contributed by atoms with Crippen LogP contribution in [-0.4, -0.2) is 64.0 Å². The molecule has 1 N–H and O–H groups in total. The molecule has 2 heterocycles. The topological polar surface area (TPSA) is 44.5 Å². The normalized spacial score (nSPS) is 16.8. The van der Waals surface area contributed by atoms with Crippen LogP contribution in [0, 0.1) is 0 Å². The number of likely N-dealkylation sites (tertiary alicyclic amines) is 1. The Bertz CT molecular complexity index is 605. The maximum Gasteiger partial charge on any atom is 0.0645 e. The predicted molar refractivity (Wildman–Crippen MR) is 96.2 cm³/mol. The van der Waals surface area contributed by atoms with Crippen LogP contribution < -0.4 is 0 Å². The number of hydrogen-bond acceptors (Lipinski definition) is 4. The first-order valence-electron chi connectivity index (χ1n) is 8.88. The molecule has 1 saturated heterocycles. The third-order valence-electron chi connectivity index (χ3n) is 4.91. The highest BCUT2D eigenvalue weighted by atomic mass is 16.3. The van der Waals surface area contributed by atoms with Gasteiger partial charge in [0.1, 0.15) is 0 Å². The van der Waals surface area contributed by atoms with Crippen molar-refractivity contribution in [1.29, 1.82) is 0 Å². The molecule has 3 rings (SSSR count). The van der Waals surface area contributed by atoms with E-state index in [0.29, 0.717) is 6.04 Å². The Hall–Kier alpha value is -1.69. The molecule has 5 nitrogen and oxygen atoms in total. The summed E-state index contributed by atoms with van der Waals surface area (Å²) in [6.45, 7) is 4.51. The van der Waals surface area contributed by atoms with Gasteiger partial charge in [-0.05, 0) is 51.5 Å². The first-order chi connectivity index (χ1) is 11.8. The zero-order valence-electron chi connectivity index (χ0n) is 14.5. The van der Waals surface area contributed by atoms with E-state index >= 15 is 0 Å². The maximum absolute atomic E-state index is 8.96. The van der Waals surface area contributed by atoms with Crippen LogP contribution in [0.25, 0.3) is 5.69 Å². The molecule has 0 spiro atoms. The van der Waals surface area contributed by atoms with Gasteiger partial charge in [0.05, 0.1) is 11.9 Å². The van der Waals surface area contributed by atoms with Gasteiger partial charge in [-0.1, -0.05) is 18.2 Å². The van der Waals surface area contributed by atoms with E-state index in [9.17, 15) is 0 Å². The molecule has 0 bridgehead atoms. The zero-order valence-corrected chi connectivity index (χ0v) is 14.5. The summed E-state index contributed by atoms with van der Waals surface area (Å²) >= 11 is 0. The summed E-state index contributed by atoms with van der Waals surface area (Å²) in [5.74, 6) is 0. The highest BCUT2D eigenvalue weighted by molar-refractivity contribution is 5.30. The number of para-hydroxylation sites is 1. The van der Waals surface area contributed by atoms with Crippen LogP contribution in [0.2, 0.25) is 0 Å². The molecule has 1 aromatic carbocycles. The Morgan fingerprint density at radius 1 is 1.21 bits per heavy atom. The summed E-state index contributed by atoms with van der Waals surface area (Å²) < 4.78 is 1.95. The standard InChI is InChI=1S/C19H28N4O/c1-21(10-5-13-24)18-8-11-22(12-9-18)15-17-14-20-23(16-17)19-6-3-2-4-7-19/h2-4,6-7,14,16,18,24H,5,8-13,15H2,1H3. The number of piperidine rings is 1. The van der Waals surface area contributed by atoms with Crippen LogP contribution in [0.5, 0.6) is 0 Å². The fraction of sp³-hybridized carbons (Fsp3) is 0.526. The Morgan fingerprint density at radius 2 is 1.96 bits per heavy atom. The molecule has 0 saturated carbocycles. The first kappa shape index (κ1) is 17.1. The van der Waals surface area contributed by atoms with Crippen molar-refractivity contribution in [2.45, 2.75) is 31.8 Å². The Labute approximate surface area is 144 Å². The Morgan fingerprint density at radius 3 is 2.67 bits per heavy atom. The molecule has 0 atom stereocenters. The van der Waals surface area contributed by atoms with Crippen LogP contribution in [0.1, 0.15) is 24.8 Å². The fourth-order valence-corrected chi connectivity index (χ4v) is 3.44. The number of hydrogen-bond donors (Lipinski definition) is 1. The number of aliphatic hydroxyl groups is 1. The van der Waals surface area contributed by atoms with Crippen molar-refractivity contribution in [2.75, 3.05) is 33.3 Å². The van der Waals surface area contributed by atoms with Gasteiger partial charge in [0.25, 0.3) is 0 Å². The molecule has 0 unspecified atom stereocenters. The summed E-state index contributed by atoms with van der Waals surface area (Å²) in [4.78, 5) is 4.92. The van der Waals surface area contributed by atoms with E-state index in [1.807, 2.05) is 29.1 Å². The van der Waals surface area contributed by atoms with Crippen LogP contribution in [0.15, 0.2) is 42.7 Å². The molecular weight excluding hydrogens is 300 g/mol. The quantitative estimate of drug-likeness (QED) is 0.846. The summed E-state index contributed by atoms with van der Waals surface area (Å²) in [6.07, 6.45) is 7.39. The molecule has 0 aliphatic carbocycles. The SMILES string of the molecule is CN(CCCO)C1CCN(Cc2cnn(-c3ccccc3)c2)CC1. The Balaban J connectivity index is 1.49. The summed E-state index contributed by atoms with van der Waals surface area (Å²) in [7, 11) is 2.18. The third-order valence-corrected chi connectivity index (χ3v) is 4.91. The van der Waals surface area contributed by atoms with Crippen LogP contribution in [0.4, 0.5) is 0 Å². The van der Waals surface area contributed by atoms with Crippen molar-refractivity contribution in [3.05, 3.63) is 48.3 Å². The average molecular weight is 328 g/mol. The number of nitrogens with zero attached hydrogens (tertiary/aromatic N) is 4. The van der Waals surface area contributed by atoms with E-state index in [1.54, 1.807) is 0 Å². The minimum absolute atomic E-state index is 0.286. The molecule has 5 heteroatoms. The van der Waals surface area contributed by atoms with Gasteiger partial charge in [0.15, 0.2) is 0 Å². The zero-order chi connectivity index (χ0) is 16.8. The number of aliphatic hydroxyl groups excluding tert-OH is 1. The highest BCUT2D eigenvalue weighted by Crippen LogP contribution is 2.18. The molecular formula is C19H28N4O. The maximum atomic E-state index is 8.96. The smallest absolute Gasteiger partial charge is 0.0645 e. The van der Waals surface area contributed by atoms with E-state index in [2.05, 4.69) is 40.3 Å². The first-order valence-corrected chi connectivity index (χ1v) is 8.88. The van der Waals surface area contributed by atoms with Gasteiger partial charge in [-0.3, -0.25) is 4.90 Å². The molecule has 0 amide bonds. The van der Waals surface area contributed by atoms with E-state index in [0.717, 1.165) is 38.3 Å². The average Bonchev–Trinajstić information content (AvgIpc) is 3.09. The van der Waals surface area contributed by atoms with Gasteiger partial charge in [0, 0.05) is 37.5 Å². The van der Waals surface area contributed by atoms with Crippen molar-refractivity contribution in [1.82, 2.24) is 19.6 Å². The van der Waals surface area contributed by atoms with Gasteiger partial charge < -0.3 is 10.0 Å². The minimum atomic E-state index is 0.286. The Kier molecular flexibility index (Phi) is 6.01. The van der Waals surface area contributed by atoms with Gasteiger partial charge in [-0.15, -0.1) is 0 Å². The third kappa shape index (κ3) is 4.44. The monoisotopic (exact) mass is 328 g/mol. The number of aromatic nitrogens is 2. The van der Waals surface area contributed by atoms with Crippen LogP contribution >= 0.6 is 0 Å². The van der Waals surface area contributed by atoms with Gasteiger partial charge in [-0.2, -0.15) is 5.10 Å². The molecule has 1 fully saturated rings. The van der Waals surface area contributed by atoms with Crippen molar-refractivity contribution in [3.8, 4) is 5.69 Å². The largest absolute Gasteiger partial charge is 0.396 e. The lowest BCUT2D eigenvalue weighted by Crippen LogP contribution is -2.43. The second-order valence-corrected chi connectivity index (χ2v) is 6.69. The van der Waals surface area contributed by atoms with E-state index in [4.69, 9.17) is 5.11 Å². The molecule has 2 aromatic rings. The lowest BCUT2D eigenvalue weighted by molar-refractivity contribution is 0.117. The lowest BCUT2D eigenvalue weighted by atomic mass is 10.0. The van der Waals surface area contributed by atoms with Gasteiger partial charge >= 0.3 is 0 Å². The number of benzene rings is 1. The fourth-order valence-electron chi connectivity index (χ4n) is 3.44. The van der Waals surface area contributed by atoms with Gasteiger partial charge in [0.2, 0.25) is 0 Å². The summed E-state index contributed by atoms with van der Waals surface area (Å²) in [5.41, 5.74) is 2.37. The second-order valence-electron chi connectivity index (χ2n) is 6.69. The van der Waals surface area contributed by atoms with E-state index < -0.39 is 0 Å². The van der Waals surface area contributed by atoms with Crippen LogP contribution in [-0.2, 0) is 6.54 Å². The summed E-state index contributed by atoms with van der Waals surface area (Å²) in [5, 5.41) is 13.4. The molecule has 1 aliphatic rings. The van der Waals surface area contributed by atoms with Gasteiger partial charge in [-0.25, -0.2) is 4.68 Å². The summed E-state index contributed by atoms with van der Waals surface area (Å²) in [6, 6.07) is 10.9. The molecule has 1 aromatic heterocycles. The van der Waals surface area contributed by atoms with Crippen molar-refractivity contribution in [3.63, 3.8) is 0 Å². The van der Waals surface area contributed by atoms with E-state index in [-0.39, 0.29) is 6.61 Å². The van der Waals surface area contributed by atoms with Crippen LogP contribution in [0.3, 0.4) is 0 Å². The molecule has 1 aliphatic heterocycles. The molecule has 0 radical (unpaired) electrons. The second kappa shape index (κ2) is 8.42. The number of rotatable bonds is 7. The minimum Gasteiger partial charge on any atom is -0.396 e. The highest BCUT2D eigenvalue weighted by Gasteiger charge is 2.22. The lowest BCUT2D eigenvalue weighted by Gasteiger charge is -2.36. The van der Waals surface area contributed by atoms with E-state index in [1.165, 1.54) is 18.4 Å².